The molecule has 1 saturated carbocycles. The Kier molecular flexibility index (Phi) is 17.0. The molecular weight excluding hydrogens is 663 g/mol. The van der Waals surface area contributed by atoms with Gasteiger partial charge in [0.25, 0.3) is 0 Å². The zero-order valence-electron chi connectivity index (χ0n) is 28.4. The SMILES string of the molecule is CC(=O)[O-].CC(=O)[O-].CCc1cc(-c2ccccc2)cc(C=NC2CCCCC2N=Cc2cc(-c3ccccc3)cc(CC)c2O)c1O.[Co+2]. The molecule has 0 heterocycles. The number of phenolic OH excluding ortho intramolecular Hbond substituents is 2. The van der Waals surface area contributed by atoms with Gasteiger partial charge in [-0.2, -0.15) is 0 Å². The third kappa shape index (κ3) is 12.7. The van der Waals surface area contributed by atoms with E-state index in [0.29, 0.717) is 11.5 Å². The minimum Gasteiger partial charge on any atom is -0.550 e. The van der Waals surface area contributed by atoms with Crippen LogP contribution in [0.25, 0.3) is 22.3 Å². The van der Waals surface area contributed by atoms with Gasteiger partial charge in [-0.15, -0.1) is 0 Å². The Morgan fingerprint density at radius 2 is 0.980 bits per heavy atom. The van der Waals surface area contributed by atoms with Crippen molar-refractivity contribution < 1.29 is 46.8 Å². The van der Waals surface area contributed by atoms with Crippen LogP contribution in [0.5, 0.6) is 11.5 Å². The van der Waals surface area contributed by atoms with Crippen LogP contribution in [0, 0.1) is 0 Å². The standard InChI is InChI=1S/C36H38N2O2.2C2H4O2.Co/c1-3-25-19-29(27-13-7-5-8-14-27)21-31(35(25)39)23-37-33-17-11-12-18-34(33)38-24-32-22-30(20-26(4-2)36(32)40)28-15-9-6-10-16-28;2*1-2(3)4;/h5-10,13-16,19-24,33-34,39-40H,3-4,11-12,17-18H2,1-2H3;2*1H3,(H,3,4);/q;;;+2/p-2. The predicted octanol–water partition coefficient (Wildman–Crippen LogP) is 5.92. The van der Waals surface area contributed by atoms with Crippen LogP contribution in [0.1, 0.15) is 75.6 Å². The van der Waals surface area contributed by atoms with Gasteiger partial charge < -0.3 is 30.0 Å². The molecule has 2 unspecified atom stereocenters. The van der Waals surface area contributed by atoms with E-state index >= 15 is 0 Å². The first-order chi connectivity index (χ1) is 23.0. The number of aromatic hydroxyl groups is 2. The molecule has 0 bridgehead atoms. The predicted molar refractivity (Wildman–Crippen MR) is 188 cm³/mol. The Hall–Kier alpha value is -4.73. The summed E-state index contributed by atoms with van der Waals surface area (Å²) in [6, 6.07) is 28.7. The molecule has 1 aliphatic carbocycles. The minimum absolute atomic E-state index is 0. The number of carboxylic acid groups (broad SMARTS) is 2. The summed E-state index contributed by atoms with van der Waals surface area (Å²) >= 11 is 0. The molecule has 5 rings (SSSR count). The zero-order valence-corrected chi connectivity index (χ0v) is 29.4. The van der Waals surface area contributed by atoms with Crippen LogP contribution in [0.15, 0.2) is 94.9 Å². The monoisotopic (exact) mass is 707 g/mol. The molecular formula is C40H44CoN2O6. The summed E-state index contributed by atoms with van der Waals surface area (Å²) in [6.45, 7) is 6.06. The Balaban J connectivity index is 0.000000837. The van der Waals surface area contributed by atoms with Gasteiger partial charge in [0.15, 0.2) is 0 Å². The van der Waals surface area contributed by atoms with Gasteiger partial charge >= 0.3 is 16.8 Å². The number of aliphatic imine (C=N–C) groups is 2. The summed E-state index contributed by atoms with van der Waals surface area (Å²) in [4.78, 5) is 27.7. The fourth-order valence-electron chi connectivity index (χ4n) is 5.56. The van der Waals surface area contributed by atoms with E-state index < -0.39 is 11.9 Å². The van der Waals surface area contributed by atoms with Gasteiger partial charge in [-0.05, 0) is 97.2 Å². The number of carbonyl (C=O) groups is 2. The normalized spacial score (nSPS) is 15.3. The molecule has 9 heteroatoms. The maximum absolute atomic E-state index is 11.0. The van der Waals surface area contributed by atoms with Crippen LogP contribution in [0.4, 0.5) is 0 Å². The molecule has 0 aliphatic heterocycles. The average molecular weight is 708 g/mol. The number of nitrogens with zero attached hydrogens (tertiary/aromatic N) is 2. The number of hydrogen-bond acceptors (Lipinski definition) is 8. The Bertz CT molecular complexity index is 1570. The van der Waals surface area contributed by atoms with E-state index in [4.69, 9.17) is 29.8 Å². The first-order valence-electron chi connectivity index (χ1n) is 16.3. The van der Waals surface area contributed by atoms with Crippen molar-refractivity contribution in [3.05, 3.63) is 107 Å². The summed E-state index contributed by atoms with van der Waals surface area (Å²) < 4.78 is 0. The van der Waals surface area contributed by atoms with Crippen LogP contribution in [-0.2, 0) is 39.2 Å². The molecule has 1 aliphatic rings. The van der Waals surface area contributed by atoms with Crippen LogP contribution >= 0.6 is 0 Å². The second kappa shape index (κ2) is 20.6. The molecule has 1 fully saturated rings. The van der Waals surface area contributed by atoms with Crippen molar-refractivity contribution in [1.82, 2.24) is 0 Å². The number of carbonyl (C=O) groups excluding carboxylic acids is 2. The van der Waals surface area contributed by atoms with Crippen molar-refractivity contribution >= 4 is 24.4 Å². The largest absolute Gasteiger partial charge is 2.00 e. The molecule has 0 saturated heterocycles. The molecule has 4 aromatic rings. The van der Waals surface area contributed by atoms with Gasteiger partial charge in [-0.25, -0.2) is 0 Å². The average Bonchev–Trinajstić information content (AvgIpc) is 3.08. The minimum atomic E-state index is -1.08. The van der Waals surface area contributed by atoms with Gasteiger partial charge in [0, 0.05) is 35.5 Å². The smallest absolute Gasteiger partial charge is 0.550 e. The summed E-state index contributed by atoms with van der Waals surface area (Å²) in [7, 11) is 0. The summed E-state index contributed by atoms with van der Waals surface area (Å²) in [5.41, 5.74) is 7.72. The molecule has 2 N–H and O–H groups in total. The van der Waals surface area contributed by atoms with E-state index in [9.17, 15) is 10.2 Å². The molecule has 8 nitrogen and oxygen atoms in total. The summed E-state index contributed by atoms with van der Waals surface area (Å²) in [5, 5.41) is 39.7. The number of carboxylic acids is 2. The molecule has 2 atom stereocenters. The van der Waals surface area contributed by atoms with Crippen LogP contribution < -0.4 is 10.2 Å². The van der Waals surface area contributed by atoms with Crippen molar-refractivity contribution in [2.24, 2.45) is 9.98 Å². The third-order valence-corrected chi connectivity index (χ3v) is 7.92. The quantitative estimate of drug-likeness (QED) is 0.218. The van der Waals surface area contributed by atoms with E-state index in [1.54, 1.807) is 0 Å². The zero-order chi connectivity index (χ0) is 35.1. The first kappa shape index (κ1) is 40.4. The van der Waals surface area contributed by atoms with Crippen molar-refractivity contribution in [3.8, 4) is 33.8 Å². The molecule has 0 spiro atoms. The van der Waals surface area contributed by atoms with Gasteiger partial charge in [0.2, 0.25) is 0 Å². The summed E-state index contributed by atoms with van der Waals surface area (Å²) in [5.74, 6) is -1.56. The Morgan fingerprint density at radius 3 is 1.29 bits per heavy atom. The molecule has 259 valence electrons. The number of hydrogen-bond donors (Lipinski definition) is 2. The van der Waals surface area contributed by atoms with Crippen molar-refractivity contribution in [2.75, 3.05) is 0 Å². The van der Waals surface area contributed by atoms with Crippen LogP contribution in [0.3, 0.4) is 0 Å². The number of phenols is 2. The van der Waals surface area contributed by atoms with E-state index in [-0.39, 0.29) is 28.9 Å². The molecule has 4 aromatic carbocycles. The maximum atomic E-state index is 11.0. The van der Waals surface area contributed by atoms with E-state index in [2.05, 4.69) is 50.2 Å². The van der Waals surface area contributed by atoms with Crippen molar-refractivity contribution in [2.45, 2.75) is 78.3 Å². The summed E-state index contributed by atoms with van der Waals surface area (Å²) in [6.07, 6.45) is 9.29. The maximum Gasteiger partial charge on any atom is 2.00 e. The Morgan fingerprint density at radius 1 is 0.653 bits per heavy atom. The first-order valence-corrected chi connectivity index (χ1v) is 16.3. The third-order valence-electron chi connectivity index (χ3n) is 7.92. The second-order valence-corrected chi connectivity index (χ2v) is 11.5. The Labute approximate surface area is 299 Å². The number of aliphatic carboxylic acids is 2. The van der Waals surface area contributed by atoms with Crippen molar-refractivity contribution in [1.29, 1.82) is 0 Å². The molecule has 0 amide bonds. The molecule has 1 radical (unpaired) electrons. The van der Waals surface area contributed by atoms with Crippen LogP contribution in [-0.4, -0.2) is 46.7 Å². The molecule has 0 aromatic heterocycles. The number of aryl methyl sites for hydroxylation is 2. The van der Waals surface area contributed by atoms with Crippen molar-refractivity contribution in [3.63, 3.8) is 0 Å². The van der Waals surface area contributed by atoms with Gasteiger partial charge in [-0.1, -0.05) is 87.4 Å². The van der Waals surface area contributed by atoms with Gasteiger partial charge in [0.1, 0.15) is 11.5 Å². The van der Waals surface area contributed by atoms with Gasteiger partial charge in [-0.3, -0.25) is 9.98 Å². The number of rotatable bonds is 8. The number of benzene rings is 4. The topological polar surface area (TPSA) is 145 Å². The van der Waals surface area contributed by atoms with E-state index in [1.165, 1.54) is 0 Å². The van der Waals surface area contributed by atoms with E-state index in [0.717, 1.165) is 96.9 Å². The van der Waals surface area contributed by atoms with E-state index in [1.807, 2.05) is 61.0 Å². The molecule has 49 heavy (non-hydrogen) atoms. The van der Waals surface area contributed by atoms with Crippen LogP contribution in [0.2, 0.25) is 0 Å². The second-order valence-electron chi connectivity index (χ2n) is 11.5. The van der Waals surface area contributed by atoms with Gasteiger partial charge in [0.05, 0.1) is 12.1 Å². The fraction of sp³-hybridized carbons (Fsp3) is 0.300. The fourth-order valence-corrected chi connectivity index (χ4v) is 5.56.